The Morgan fingerprint density at radius 3 is 0.970 bits per heavy atom. The summed E-state index contributed by atoms with van der Waals surface area (Å²) in [5.74, 6) is -1.02. The Bertz CT molecular complexity index is 1290. The van der Waals surface area contributed by atoms with Crippen molar-refractivity contribution in [2.45, 2.75) is 258 Å². The van der Waals surface area contributed by atoms with Gasteiger partial charge in [0, 0.05) is 19.3 Å². The molecule has 0 aliphatic carbocycles. The van der Waals surface area contributed by atoms with Gasteiger partial charge in [-0.2, -0.15) is 0 Å². The van der Waals surface area contributed by atoms with Crippen molar-refractivity contribution < 1.29 is 28.6 Å². The van der Waals surface area contributed by atoms with Crippen molar-refractivity contribution in [3.05, 3.63) is 97.2 Å². The molecule has 0 aromatic heterocycles. The Labute approximate surface area is 413 Å². The molecule has 0 bridgehead atoms. The Hall–Kier alpha value is -3.67. The van der Waals surface area contributed by atoms with Crippen LogP contribution in [0.25, 0.3) is 0 Å². The van der Waals surface area contributed by atoms with Crippen molar-refractivity contribution in [3.8, 4) is 0 Å². The van der Waals surface area contributed by atoms with Crippen LogP contribution in [-0.4, -0.2) is 37.2 Å². The van der Waals surface area contributed by atoms with Gasteiger partial charge in [0.05, 0.1) is 0 Å². The topological polar surface area (TPSA) is 78.9 Å². The van der Waals surface area contributed by atoms with Crippen LogP contribution in [0, 0.1) is 0 Å². The molecular weight excluding hydrogens is 829 g/mol. The molecule has 0 aliphatic heterocycles. The van der Waals surface area contributed by atoms with Gasteiger partial charge in [0.15, 0.2) is 6.10 Å². The lowest BCUT2D eigenvalue weighted by Gasteiger charge is -2.18. The fourth-order valence-electron chi connectivity index (χ4n) is 7.40. The monoisotopic (exact) mass is 931 g/mol. The van der Waals surface area contributed by atoms with Crippen LogP contribution in [0.4, 0.5) is 0 Å². The summed E-state index contributed by atoms with van der Waals surface area (Å²) < 4.78 is 16.8. The third-order valence-corrected chi connectivity index (χ3v) is 11.6. The third kappa shape index (κ3) is 53.2. The maximum atomic E-state index is 12.8. The van der Waals surface area contributed by atoms with Gasteiger partial charge in [-0.15, -0.1) is 0 Å². The van der Waals surface area contributed by atoms with Crippen LogP contribution in [0.15, 0.2) is 97.2 Å². The van der Waals surface area contributed by atoms with Crippen molar-refractivity contribution in [2.24, 2.45) is 0 Å². The van der Waals surface area contributed by atoms with Crippen LogP contribution >= 0.6 is 0 Å². The molecule has 6 nitrogen and oxygen atoms in total. The van der Waals surface area contributed by atoms with Crippen LogP contribution in [-0.2, 0) is 28.6 Å². The second kappa shape index (κ2) is 54.9. The number of carbonyl (C=O) groups excluding carboxylic acids is 3. The van der Waals surface area contributed by atoms with Gasteiger partial charge in [0.2, 0.25) is 0 Å². The minimum absolute atomic E-state index is 0.115. The van der Waals surface area contributed by atoms with Gasteiger partial charge < -0.3 is 14.2 Å². The fraction of sp³-hybridized carbons (Fsp3) is 0.689. The summed E-state index contributed by atoms with van der Waals surface area (Å²) in [5.41, 5.74) is 0. The summed E-state index contributed by atoms with van der Waals surface area (Å²) in [6.07, 6.45) is 72.6. The highest BCUT2D eigenvalue weighted by molar-refractivity contribution is 5.71. The highest BCUT2D eigenvalue weighted by Crippen LogP contribution is 2.13. The predicted octanol–water partition coefficient (Wildman–Crippen LogP) is 18.5. The summed E-state index contributed by atoms with van der Waals surface area (Å²) in [6.45, 7) is 6.44. The molecule has 382 valence electrons. The summed E-state index contributed by atoms with van der Waals surface area (Å²) in [4.78, 5) is 38.1. The van der Waals surface area contributed by atoms with E-state index in [1.165, 1.54) is 103 Å². The zero-order valence-electron chi connectivity index (χ0n) is 43.6. The average Bonchev–Trinajstić information content (AvgIpc) is 3.33. The van der Waals surface area contributed by atoms with E-state index in [9.17, 15) is 14.4 Å². The van der Waals surface area contributed by atoms with Crippen molar-refractivity contribution in [3.63, 3.8) is 0 Å². The van der Waals surface area contributed by atoms with E-state index in [0.717, 1.165) is 103 Å². The number of hydrogen-bond donors (Lipinski definition) is 0. The number of ether oxygens (including phenoxy) is 3. The van der Waals surface area contributed by atoms with E-state index in [2.05, 4.69) is 106 Å². The zero-order valence-corrected chi connectivity index (χ0v) is 43.6. The van der Waals surface area contributed by atoms with E-state index < -0.39 is 12.1 Å². The molecule has 0 fully saturated rings. The Morgan fingerprint density at radius 2 is 0.612 bits per heavy atom. The molecule has 0 amide bonds. The lowest BCUT2D eigenvalue weighted by Crippen LogP contribution is -2.30. The SMILES string of the molecule is CC/C=C\C/C=C\C/C=C\C/C=C\C/C=C\C/C=C\CCC(=O)OC(COC(=O)CCCCCCC/C=C\CCCCCCCC)COC(=O)CCCCCCC/C=C\CCCCCCCC. The van der Waals surface area contributed by atoms with Crippen molar-refractivity contribution in [2.75, 3.05) is 13.2 Å². The molecule has 0 unspecified atom stereocenters. The molecular formula is C61H102O6. The van der Waals surface area contributed by atoms with Gasteiger partial charge >= 0.3 is 17.9 Å². The molecule has 0 aromatic rings. The molecule has 0 saturated carbocycles. The number of esters is 3. The maximum Gasteiger partial charge on any atom is 0.306 e. The second-order valence-electron chi connectivity index (χ2n) is 18.1. The van der Waals surface area contributed by atoms with Crippen LogP contribution in [0.3, 0.4) is 0 Å². The molecule has 0 aromatic carbocycles. The molecule has 0 spiro atoms. The molecule has 6 heteroatoms. The number of unbranched alkanes of at least 4 members (excludes halogenated alkanes) is 22. The smallest absolute Gasteiger partial charge is 0.306 e. The highest BCUT2D eigenvalue weighted by Gasteiger charge is 2.19. The molecule has 0 saturated heterocycles. The first-order valence-electron chi connectivity index (χ1n) is 27.7. The third-order valence-electron chi connectivity index (χ3n) is 11.6. The van der Waals surface area contributed by atoms with Gasteiger partial charge in [0.1, 0.15) is 13.2 Å². The van der Waals surface area contributed by atoms with Crippen LogP contribution < -0.4 is 0 Å². The first kappa shape index (κ1) is 63.3. The Kier molecular flexibility index (Phi) is 51.9. The summed E-state index contributed by atoms with van der Waals surface area (Å²) in [5, 5.41) is 0. The molecule has 0 aliphatic rings. The number of carbonyl (C=O) groups is 3. The Morgan fingerprint density at radius 1 is 0.313 bits per heavy atom. The van der Waals surface area contributed by atoms with Gasteiger partial charge in [-0.3, -0.25) is 14.4 Å². The van der Waals surface area contributed by atoms with Crippen molar-refractivity contribution in [1.82, 2.24) is 0 Å². The quantitative estimate of drug-likeness (QED) is 0.0262. The minimum Gasteiger partial charge on any atom is -0.462 e. The standard InChI is InChI=1S/C61H102O6/c1-4-7-10-13-16-19-22-25-28-29-30-31-34-37-40-43-46-49-52-55-61(64)67-58(56-65-59(62)53-50-47-44-41-38-35-32-26-23-20-17-14-11-8-5-2)57-66-60(63)54-51-48-45-42-39-36-33-27-24-21-18-15-12-9-6-3/h7,10,16,19,25-28,30-33,37,40,46,49,58H,4-6,8-9,11-15,17-18,20-24,29,34-36,38-39,41-45,47-48,50-57H2,1-3H3/b10-7-,19-16-,28-25-,31-30-,32-26-,33-27-,40-37-,49-46-. The summed E-state index contributed by atoms with van der Waals surface area (Å²) in [6, 6.07) is 0. The molecule has 0 atom stereocenters. The van der Waals surface area contributed by atoms with E-state index in [-0.39, 0.29) is 31.6 Å². The second-order valence-corrected chi connectivity index (χ2v) is 18.1. The average molecular weight is 931 g/mol. The highest BCUT2D eigenvalue weighted by atomic mass is 16.6. The van der Waals surface area contributed by atoms with Gasteiger partial charge in [-0.25, -0.2) is 0 Å². The number of rotatable bonds is 49. The van der Waals surface area contributed by atoms with E-state index in [4.69, 9.17) is 14.2 Å². The van der Waals surface area contributed by atoms with Gasteiger partial charge in [-0.05, 0) is 109 Å². The van der Waals surface area contributed by atoms with Crippen LogP contribution in [0.5, 0.6) is 0 Å². The maximum absolute atomic E-state index is 12.8. The largest absolute Gasteiger partial charge is 0.462 e. The first-order chi connectivity index (χ1) is 33.0. The molecule has 67 heavy (non-hydrogen) atoms. The van der Waals surface area contributed by atoms with Gasteiger partial charge in [-0.1, -0.05) is 221 Å². The van der Waals surface area contributed by atoms with E-state index >= 15 is 0 Å². The van der Waals surface area contributed by atoms with Crippen molar-refractivity contribution in [1.29, 1.82) is 0 Å². The minimum atomic E-state index is -0.825. The number of hydrogen-bond acceptors (Lipinski definition) is 6. The fourth-order valence-corrected chi connectivity index (χ4v) is 7.40. The van der Waals surface area contributed by atoms with E-state index in [0.29, 0.717) is 19.3 Å². The zero-order chi connectivity index (χ0) is 48.6. The van der Waals surface area contributed by atoms with E-state index in [1.807, 2.05) is 12.2 Å². The molecule has 0 N–H and O–H groups in total. The summed E-state index contributed by atoms with van der Waals surface area (Å²) in [7, 11) is 0. The lowest BCUT2D eigenvalue weighted by atomic mass is 10.1. The molecule has 0 rings (SSSR count). The van der Waals surface area contributed by atoms with Crippen LogP contribution in [0.1, 0.15) is 252 Å². The van der Waals surface area contributed by atoms with E-state index in [1.54, 1.807) is 0 Å². The normalized spacial score (nSPS) is 12.4. The summed E-state index contributed by atoms with van der Waals surface area (Å²) >= 11 is 0. The molecule has 0 heterocycles. The van der Waals surface area contributed by atoms with Crippen LogP contribution in [0.2, 0.25) is 0 Å². The van der Waals surface area contributed by atoms with Crippen molar-refractivity contribution >= 4 is 17.9 Å². The van der Waals surface area contributed by atoms with Gasteiger partial charge in [0.25, 0.3) is 0 Å². The molecule has 0 radical (unpaired) electrons. The number of allylic oxidation sites excluding steroid dienone is 16. The predicted molar refractivity (Wildman–Crippen MR) is 288 cm³/mol. The lowest BCUT2D eigenvalue weighted by molar-refractivity contribution is -0.166. The first-order valence-corrected chi connectivity index (χ1v) is 27.7. The Balaban J connectivity index is 4.54.